The van der Waals surface area contributed by atoms with Crippen LogP contribution >= 0.6 is 10.3 Å². The Hall–Kier alpha value is -0.470. The van der Waals surface area contributed by atoms with Gasteiger partial charge in [-0.2, -0.15) is 21.6 Å². The van der Waals surface area contributed by atoms with Gasteiger partial charge in [-0.15, -0.1) is 10.3 Å². The molecule has 0 atom stereocenters. The highest BCUT2D eigenvalue weighted by Crippen LogP contribution is 2.46. The molecule has 0 unspecified atom stereocenters. The van der Waals surface area contributed by atoms with Crippen molar-refractivity contribution in [2.24, 2.45) is 0 Å². The number of allylic oxidation sites excluding steroid dienone is 3. The van der Waals surface area contributed by atoms with E-state index < -0.39 is 25.9 Å². The summed E-state index contributed by atoms with van der Waals surface area (Å²) in [6.45, 7) is 5.84. The Bertz CT molecular complexity index is 499. The molecule has 0 amide bonds. The summed E-state index contributed by atoms with van der Waals surface area (Å²) < 4.78 is 63.2. The Morgan fingerprint density at radius 3 is 2.05 bits per heavy atom. The lowest BCUT2D eigenvalue weighted by Gasteiger charge is -2.29. The molecule has 0 saturated heterocycles. The Morgan fingerprint density at radius 1 is 1.10 bits per heavy atom. The smallest absolute Gasteiger partial charge is 0.213 e. The predicted octanol–water partition coefficient (Wildman–Crippen LogP) is 4.52. The van der Waals surface area contributed by atoms with E-state index in [4.69, 9.17) is 0 Å². The molecule has 0 aromatic rings. The third kappa shape index (κ3) is 8.53. The van der Waals surface area contributed by atoms with E-state index in [1.54, 1.807) is 6.08 Å². The van der Waals surface area contributed by atoms with E-state index in [0.717, 1.165) is 18.4 Å². The number of rotatable bonds is 7. The average molecular weight is 348 g/mol. The summed E-state index contributed by atoms with van der Waals surface area (Å²) in [6.07, 6.45) is 8.25. The summed E-state index contributed by atoms with van der Waals surface area (Å²) in [6, 6.07) is 0. The fraction of sp³-hybridized carbons (Fsp3) is 0.692. The van der Waals surface area contributed by atoms with Gasteiger partial charge >= 0.3 is 15.6 Å². The normalized spacial score (nSPS) is 15.0. The van der Waals surface area contributed by atoms with Crippen molar-refractivity contribution in [1.82, 2.24) is 0 Å². The fourth-order valence-corrected chi connectivity index (χ4v) is 4.50. The summed E-state index contributed by atoms with van der Waals surface area (Å²) in [5.41, 5.74) is -3.17. The first-order valence-electron chi connectivity index (χ1n) is 6.29. The van der Waals surface area contributed by atoms with Crippen molar-refractivity contribution in [3.63, 3.8) is 0 Å². The molecule has 0 fully saturated rings. The molecule has 0 heterocycles. The Kier molecular flexibility index (Phi) is 7.52. The number of alkyl halides is 3. The predicted molar refractivity (Wildman–Crippen MR) is 82.8 cm³/mol. The van der Waals surface area contributed by atoms with E-state index in [9.17, 15) is 21.6 Å². The van der Waals surface area contributed by atoms with Crippen LogP contribution in [0.3, 0.4) is 0 Å². The second-order valence-corrected chi connectivity index (χ2v) is 10.6. The Labute approximate surface area is 126 Å². The van der Waals surface area contributed by atoms with E-state index in [1.165, 1.54) is 18.1 Å². The zero-order chi connectivity index (χ0) is 16.9. The average Bonchev–Trinajstić information content (AvgIpc) is 2.23. The molecule has 0 N–H and O–H groups in total. The molecule has 0 aliphatic carbocycles. The minimum atomic E-state index is -5.53. The lowest BCUT2D eigenvalue weighted by Crippen LogP contribution is -2.27. The number of hydrogen-bond donors (Lipinski definition) is 0. The molecule has 3 nitrogen and oxygen atoms in total. The van der Waals surface area contributed by atoms with E-state index in [0.29, 0.717) is 0 Å². The summed E-state index contributed by atoms with van der Waals surface area (Å²) >= 11 is 0. The van der Waals surface area contributed by atoms with Crippen LogP contribution < -0.4 is 0 Å². The molecule has 0 aliphatic rings. The molecule has 0 saturated carbocycles. The maximum absolute atomic E-state index is 12.3. The number of hydrogen-bond acceptors (Lipinski definition) is 3. The van der Waals surface area contributed by atoms with E-state index >= 15 is 0 Å². The molecule has 0 aliphatic heterocycles. The zero-order valence-corrected chi connectivity index (χ0v) is 14.6. The Morgan fingerprint density at radius 2 is 1.62 bits per heavy atom. The molecule has 0 radical (unpaired) electrons. The Balaban J connectivity index is 4.65. The lowest BCUT2D eigenvalue weighted by molar-refractivity contribution is -0.0495. The van der Waals surface area contributed by atoms with Crippen LogP contribution in [-0.2, 0) is 13.7 Å². The van der Waals surface area contributed by atoms with Gasteiger partial charge in [-0.1, -0.05) is 23.3 Å². The van der Waals surface area contributed by atoms with Crippen LogP contribution in [0.1, 0.15) is 33.6 Å². The van der Waals surface area contributed by atoms with Gasteiger partial charge in [0, 0.05) is 5.75 Å². The van der Waals surface area contributed by atoms with Gasteiger partial charge in [0.15, 0.2) is 0 Å². The number of halogens is 3. The van der Waals surface area contributed by atoms with E-state index in [-0.39, 0.29) is 5.75 Å². The van der Waals surface area contributed by atoms with E-state index in [1.807, 2.05) is 20.8 Å². The monoisotopic (exact) mass is 348 g/mol. The largest absolute Gasteiger partial charge is 0.523 e. The standard InChI is InChI=1S/C13H23F3O3S2/c1-11(2)7-6-8-12(3)9-10-20(4,5)19-21(17,18)13(14,15)16/h7,9H,6,8,10H2,1-5H3/b12-9-. The second-order valence-electron chi connectivity index (χ2n) is 5.44. The van der Waals surface area contributed by atoms with Gasteiger partial charge in [-0.25, -0.2) is 3.63 Å². The summed E-state index contributed by atoms with van der Waals surface area (Å²) in [5.74, 6) is 0.170. The topological polar surface area (TPSA) is 43.4 Å². The van der Waals surface area contributed by atoms with Crippen LogP contribution in [0, 0.1) is 0 Å². The highest BCUT2D eigenvalue weighted by molar-refractivity contribution is 8.32. The van der Waals surface area contributed by atoms with Crippen molar-refractivity contribution in [2.75, 3.05) is 18.3 Å². The molecular weight excluding hydrogens is 325 g/mol. The van der Waals surface area contributed by atoms with Crippen LogP contribution in [0.2, 0.25) is 0 Å². The maximum atomic E-state index is 12.3. The first-order chi connectivity index (χ1) is 9.27. The van der Waals surface area contributed by atoms with Crippen molar-refractivity contribution in [2.45, 2.75) is 39.1 Å². The highest BCUT2D eigenvalue weighted by atomic mass is 32.3. The quantitative estimate of drug-likeness (QED) is 0.502. The first-order valence-corrected chi connectivity index (χ1v) is 10.2. The van der Waals surface area contributed by atoms with Crippen molar-refractivity contribution < 1.29 is 25.2 Å². The van der Waals surface area contributed by atoms with Gasteiger partial charge < -0.3 is 0 Å². The van der Waals surface area contributed by atoms with E-state index in [2.05, 4.69) is 9.71 Å². The van der Waals surface area contributed by atoms with Crippen molar-refractivity contribution in [3.05, 3.63) is 23.3 Å². The fourth-order valence-electron chi connectivity index (χ4n) is 1.34. The first kappa shape index (κ1) is 20.5. The van der Waals surface area contributed by atoms with Gasteiger partial charge in [-0.3, -0.25) is 0 Å². The van der Waals surface area contributed by atoms with Crippen LogP contribution in [0.4, 0.5) is 13.2 Å². The van der Waals surface area contributed by atoms with Crippen LogP contribution in [0.15, 0.2) is 23.3 Å². The maximum Gasteiger partial charge on any atom is 0.523 e. The highest BCUT2D eigenvalue weighted by Gasteiger charge is 2.49. The van der Waals surface area contributed by atoms with Gasteiger partial charge in [0.1, 0.15) is 0 Å². The third-order valence-corrected chi connectivity index (χ3v) is 6.21. The molecular formula is C13H23F3O3S2. The van der Waals surface area contributed by atoms with Crippen LogP contribution in [-0.4, -0.2) is 32.2 Å². The van der Waals surface area contributed by atoms with Crippen molar-refractivity contribution >= 4 is 20.4 Å². The van der Waals surface area contributed by atoms with Crippen molar-refractivity contribution in [1.29, 1.82) is 0 Å². The zero-order valence-electron chi connectivity index (χ0n) is 13.0. The van der Waals surface area contributed by atoms with Gasteiger partial charge in [0.25, 0.3) is 0 Å². The SMILES string of the molecule is CC(C)=CCC/C(C)=C\CS(C)(C)OS(=O)(=O)C(F)(F)F. The van der Waals surface area contributed by atoms with Crippen LogP contribution in [0.25, 0.3) is 0 Å². The summed E-state index contributed by atoms with van der Waals surface area (Å²) in [7, 11) is -7.89. The third-order valence-electron chi connectivity index (χ3n) is 2.48. The molecule has 0 spiro atoms. The summed E-state index contributed by atoms with van der Waals surface area (Å²) in [4.78, 5) is 0. The lowest BCUT2D eigenvalue weighted by atomic mass is 10.1. The molecule has 0 aromatic heterocycles. The summed E-state index contributed by atoms with van der Waals surface area (Å²) in [5, 5.41) is 0. The van der Waals surface area contributed by atoms with Crippen LogP contribution in [0.5, 0.6) is 0 Å². The molecule has 21 heavy (non-hydrogen) atoms. The minimum Gasteiger partial charge on any atom is -0.213 e. The molecule has 0 bridgehead atoms. The van der Waals surface area contributed by atoms with Gasteiger partial charge in [0.05, 0.1) is 0 Å². The molecule has 0 rings (SSSR count). The minimum absolute atomic E-state index is 0.170. The van der Waals surface area contributed by atoms with Gasteiger partial charge in [-0.05, 0) is 46.1 Å². The molecule has 126 valence electrons. The van der Waals surface area contributed by atoms with Gasteiger partial charge in [0.2, 0.25) is 0 Å². The molecule has 0 aromatic carbocycles. The van der Waals surface area contributed by atoms with Crippen molar-refractivity contribution in [3.8, 4) is 0 Å². The second kappa shape index (κ2) is 7.69. The molecule has 8 heteroatoms.